The lowest BCUT2D eigenvalue weighted by Crippen LogP contribution is -2.08. The number of rotatable bonds is 3. The summed E-state index contributed by atoms with van der Waals surface area (Å²) in [4.78, 5) is 4.06. The second-order valence-electron chi connectivity index (χ2n) is 3.39. The van der Waals surface area contributed by atoms with Crippen LogP contribution in [0.1, 0.15) is 6.42 Å². The van der Waals surface area contributed by atoms with E-state index in [9.17, 15) is 0 Å². The highest BCUT2D eigenvalue weighted by Gasteiger charge is 2.36. The molecule has 2 atom stereocenters. The van der Waals surface area contributed by atoms with Crippen molar-refractivity contribution in [3.63, 3.8) is 0 Å². The van der Waals surface area contributed by atoms with Gasteiger partial charge in [-0.2, -0.15) is 0 Å². The van der Waals surface area contributed by atoms with Gasteiger partial charge >= 0.3 is 0 Å². The molecule has 1 fully saturated rings. The molecule has 0 aliphatic heterocycles. The summed E-state index contributed by atoms with van der Waals surface area (Å²) in [5.74, 6) is 0.923. The van der Waals surface area contributed by atoms with Crippen molar-refractivity contribution in [1.29, 1.82) is 0 Å². The quantitative estimate of drug-likeness (QED) is 0.786. The second-order valence-corrected chi connectivity index (χ2v) is 4.19. The fraction of sp³-hybridized carbons (Fsp3) is 0.444. The Balaban J connectivity index is 2.06. The first-order valence-corrected chi connectivity index (χ1v) is 5.15. The molecule has 1 aliphatic rings. The molecule has 2 rings (SSSR count). The maximum Gasteiger partial charge on any atom is 0.146 e. The van der Waals surface area contributed by atoms with Crippen LogP contribution in [0.3, 0.4) is 0 Å². The summed E-state index contributed by atoms with van der Waals surface area (Å²) in [6, 6.07) is 3.63. The molecule has 0 bridgehead atoms. The Morgan fingerprint density at radius 2 is 2.29 bits per heavy atom. The molecule has 1 saturated carbocycles. The smallest absolute Gasteiger partial charge is 0.146 e. The largest absolute Gasteiger partial charge is 0.396 e. The van der Waals surface area contributed by atoms with Gasteiger partial charge in [-0.05, 0) is 18.6 Å². The van der Waals surface area contributed by atoms with Crippen molar-refractivity contribution < 1.29 is 5.11 Å². The highest BCUT2D eigenvalue weighted by atomic mass is 35.5. The molecule has 1 aromatic rings. The number of anilines is 1. The summed E-state index contributed by atoms with van der Waals surface area (Å²) in [5.41, 5.74) is 0. The van der Waals surface area contributed by atoms with E-state index in [-0.39, 0.29) is 12.6 Å². The van der Waals surface area contributed by atoms with Crippen molar-refractivity contribution >= 4 is 29.0 Å². The molecule has 0 radical (unpaired) electrons. The molecule has 1 aliphatic carbocycles. The van der Waals surface area contributed by atoms with Gasteiger partial charge in [0.05, 0.1) is 5.02 Å². The Morgan fingerprint density at radius 1 is 1.50 bits per heavy atom. The Morgan fingerprint density at radius 3 is 2.93 bits per heavy atom. The number of aromatic nitrogens is 1. The predicted molar refractivity (Wildman–Crippen MR) is 56.9 cm³/mol. The lowest BCUT2D eigenvalue weighted by atomic mass is 10.4. The maximum absolute atomic E-state index is 8.86. The number of aliphatic hydroxyl groups is 1. The summed E-state index contributed by atoms with van der Waals surface area (Å²) in [6.07, 6.45) is 0.959. The molecular formula is C9H10Cl2N2O. The van der Waals surface area contributed by atoms with Gasteiger partial charge < -0.3 is 10.4 Å². The number of nitrogens with one attached hydrogen (secondary N) is 1. The van der Waals surface area contributed by atoms with Crippen molar-refractivity contribution in [2.75, 3.05) is 11.9 Å². The molecule has 2 N–H and O–H groups in total. The number of pyridine rings is 1. The molecule has 0 saturated heterocycles. The van der Waals surface area contributed by atoms with E-state index in [1.54, 1.807) is 12.1 Å². The topological polar surface area (TPSA) is 45.1 Å². The van der Waals surface area contributed by atoms with Gasteiger partial charge in [-0.1, -0.05) is 23.2 Å². The van der Waals surface area contributed by atoms with E-state index in [1.807, 2.05) is 0 Å². The van der Waals surface area contributed by atoms with Crippen LogP contribution in [-0.2, 0) is 0 Å². The molecule has 1 aromatic heterocycles. The standard InChI is InChI=1S/C9H10Cl2N2O/c10-6-1-2-8(11)13-9(6)12-7-3-5(7)4-14/h1-2,5,7,14H,3-4H2,(H,12,13). The van der Waals surface area contributed by atoms with Crippen LogP contribution in [0, 0.1) is 5.92 Å². The average molecular weight is 233 g/mol. The van der Waals surface area contributed by atoms with Crippen LogP contribution in [-0.4, -0.2) is 22.7 Å². The zero-order valence-corrected chi connectivity index (χ0v) is 8.89. The second kappa shape index (κ2) is 3.93. The molecule has 0 amide bonds. The fourth-order valence-corrected chi connectivity index (χ4v) is 1.63. The van der Waals surface area contributed by atoms with Crippen LogP contribution in [0.25, 0.3) is 0 Å². The molecular weight excluding hydrogens is 223 g/mol. The Kier molecular flexibility index (Phi) is 2.81. The van der Waals surface area contributed by atoms with Gasteiger partial charge in [0.1, 0.15) is 11.0 Å². The van der Waals surface area contributed by atoms with Crippen molar-refractivity contribution in [2.24, 2.45) is 5.92 Å². The summed E-state index contributed by atoms with van der Waals surface area (Å²) in [5, 5.41) is 13.0. The number of hydrogen-bond donors (Lipinski definition) is 2. The zero-order valence-electron chi connectivity index (χ0n) is 7.37. The van der Waals surface area contributed by atoms with E-state index in [2.05, 4.69) is 10.3 Å². The van der Waals surface area contributed by atoms with Gasteiger partial charge in [-0.25, -0.2) is 4.98 Å². The SMILES string of the molecule is OCC1CC1Nc1nc(Cl)ccc1Cl. The molecule has 5 heteroatoms. The Bertz CT molecular complexity index is 346. The van der Waals surface area contributed by atoms with Crippen molar-refractivity contribution in [3.05, 3.63) is 22.3 Å². The first-order valence-electron chi connectivity index (χ1n) is 4.40. The minimum Gasteiger partial charge on any atom is -0.396 e. The first kappa shape index (κ1) is 10.0. The minimum atomic E-state index is 0.204. The number of nitrogens with zero attached hydrogens (tertiary/aromatic N) is 1. The van der Waals surface area contributed by atoms with Gasteiger partial charge in [-0.3, -0.25) is 0 Å². The minimum absolute atomic E-state index is 0.204. The van der Waals surface area contributed by atoms with Crippen LogP contribution in [0.2, 0.25) is 10.2 Å². The molecule has 14 heavy (non-hydrogen) atoms. The third-order valence-electron chi connectivity index (χ3n) is 2.29. The molecule has 3 nitrogen and oxygen atoms in total. The predicted octanol–water partition coefficient (Wildman–Crippen LogP) is 2.18. The molecule has 2 unspecified atom stereocenters. The fourth-order valence-electron chi connectivity index (χ4n) is 1.32. The molecule has 1 heterocycles. The van der Waals surface area contributed by atoms with Crippen LogP contribution < -0.4 is 5.32 Å². The van der Waals surface area contributed by atoms with Crippen LogP contribution in [0.4, 0.5) is 5.82 Å². The summed E-state index contributed by atoms with van der Waals surface area (Å²) in [6.45, 7) is 0.204. The average Bonchev–Trinajstić information content (AvgIpc) is 2.90. The number of hydrogen-bond acceptors (Lipinski definition) is 3. The first-order chi connectivity index (χ1) is 6.70. The van der Waals surface area contributed by atoms with E-state index in [0.717, 1.165) is 6.42 Å². The van der Waals surface area contributed by atoms with E-state index in [4.69, 9.17) is 28.3 Å². The third-order valence-corrected chi connectivity index (χ3v) is 2.81. The van der Waals surface area contributed by atoms with E-state index >= 15 is 0 Å². The normalized spacial score (nSPS) is 24.8. The number of aliphatic hydroxyl groups excluding tert-OH is 1. The summed E-state index contributed by atoms with van der Waals surface area (Å²) >= 11 is 11.6. The molecule has 0 spiro atoms. The highest BCUT2D eigenvalue weighted by molar-refractivity contribution is 6.34. The lowest BCUT2D eigenvalue weighted by Gasteiger charge is -2.06. The monoisotopic (exact) mass is 232 g/mol. The highest BCUT2D eigenvalue weighted by Crippen LogP contribution is 2.34. The Hall–Kier alpha value is -0.510. The summed E-state index contributed by atoms with van der Waals surface area (Å²) in [7, 11) is 0. The van der Waals surface area contributed by atoms with Gasteiger partial charge in [-0.15, -0.1) is 0 Å². The van der Waals surface area contributed by atoms with Gasteiger partial charge in [0.2, 0.25) is 0 Å². The van der Waals surface area contributed by atoms with Gasteiger partial charge in [0.25, 0.3) is 0 Å². The van der Waals surface area contributed by atoms with Crippen molar-refractivity contribution in [2.45, 2.75) is 12.5 Å². The van der Waals surface area contributed by atoms with E-state index < -0.39 is 0 Å². The summed E-state index contributed by atoms with van der Waals surface area (Å²) < 4.78 is 0. The van der Waals surface area contributed by atoms with E-state index in [0.29, 0.717) is 21.9 Å². The van der Waals surface area contributed by atoms with Crippen LogP contribution in [0.5, 0.6) is 0 Å². The maximum atomic E-state index is 8.86. The van der Waals surface area contributed by atoms with E-state index in [1.165, 1.54) is 0 Å². The third kappa shape index (κ3) is 2.11. The van der Waals surface area contributed by atoms with Crippen LogP contribution in [0.15, 0.2) is 12.1 Å². The molecule has 76 valence electrons. The van der Waals surface area contributed by atoms with Crippen molar-refractivity contribution in [3.8, 4) is 0 Å². The zero-order chi connectivity index (χ0) is 10.1. The van der Waals surface area contributed by atoms with Gasteiger partial charge in [0, 0.05) is 18.6 Å². The lowest BCUT2D eigenvalue weighted by molar-refractivity contribution is 0.275. The van der Waals surface area contributed by atoms with Crippen molar-refractivity contribution in [1.82, 2.24) is 4.98 Å². The number of halogens is 2. The Labute approximate surface area is 92.1 Å². The van der Waals surface area contributed by atoms with Gasteiger partial charge in [0.15, 0.2) is 0 Å². The van der Waals surface area contributed by atoms with Crippen LogP contribution >= 0.6 is 23.2 Å². The molecule has 0 aromatic carbocycles.